The Kier molecular flexibility index (Phi) is 11.3. The molecule has 98 valence electrons. The minimum atomic E-state index is 0.804. The van der Waals surface area contributed by atoms with Gasteiger partial charge in [-0.05, 0) is 12.5 Å². The van der Waals surface area contributed by atoms with Crippen LogP contribution in [0.2, 0.25) is 0 Å². The quantitative estimate of drug-likeness (QED) is 0.549. The van der Waals surface area contributed by atoms with Crippen LogP contribution in [0.4, 0.5) is 0 Å². The van der Waals surface area contributed by atoms with Crippen LogP contribution in [0.1, 0.15) is 33.6 Å². The van der Waals surface area contributed by atoms with E-state index in [2.05, 4.69) is 31.0 Å². The standard InChI is InChI=1S/C13H30N2O/c1-5-13(6-2)12-15(7-3)10-8-14-9-11-16-4/h13-14H,5-12H2,1-4H3. The molecule has 3 heteroatoms. The Balaban J connectivity index is 3.57. The molecule has 0 aliphatic rings. The summed E-state index contributed by atoms with van der Waals surface area (Å²) in [6, 6.07) is 0. The number of hydrogen-bond donors (Lipinski definition) is 1. The SMILES string of the molecule is CCC(CC)CN(CC)CCNCCOC. The Morgan fingerprint density at radius 3 is 2.31 bits per heavy atom. The van der Waals surface area contributed by atoms with Crippen molar-refractivity contribution in [3.05, 3.63) is 0 Å². The molecular formula is C13H30N2O. The Morgan fingerprint density at radius 2 is 1.81 bits per heavy atom. The lowest BCUT2D eigenvalue weighted by atomic mass is 10.0. The van der Waals surface area contributed by atoms with Crippen molar-refractivity contribution in [1.82, 2.24) is 10.2 Å². The molecule has 0 spiro atoms. The van der Waals surface area contributed by atoms with Crippen LogP contribution in [-0.4, -0.2) is 51.3 Å². The molecule has 0 rings (SSSR count). The third-order valence-electron chi connectivity index (χ3n) is 3.21. The van der Waals surface area contributed by atoms with Gasteiger partial charge in [-0.3, -0.25) is 0 Å². The Bertz CT molecular complexity index is 138. The molecule has 16 heavy (non-hydrogen) atoms. The van der Waals surface area contributed by atoms with E-state index in [4.69, 9.17) is 4.74 Å². The first-order valence-electron chi connectivity index (χ1n) is 6.70. The number of likely N-dealkylation sites (N-methyl/N-ethyl adjacent to an activating group) is 1. The first kappa shape index (κ1) is 15.9. The van der Waals surface area contributed by atoms with Crippen molar-refractivity contribution in [3.8, 4) is 0 Å². The molecule has 0 heterocycles. The van der Waals surface area contributed by atoms with Crippen LogP contribution < -0.4 is 5.32 Å². The van der Waals surface area contributed by atoms with Crippen molar-refractivity contribution in [3.63, 3.8) is 0 Å². The summed E-state index contributed by atoms with van der Waals surface area (Å²) < 4.78 is 5.00. The number of rotatable bonds is 11. The fourth-order valence-corrected chi connectivity index (χ4v) is 1.83. The molecule has 0 amide bonds. The third-order valence-corrected chi connectivity index (χ3v) is 3.21. The summed E-state index contributed by atoms with van der Waals surface area (Å²) in [6.07, 6.45) is 2.59. The zero-order valence-corrected chi connectivity index (χ0v) is 11.6. The summed E-state index contributed by atoms with van der Waals surface area (Å²) in [5.74, 6) is 0.860. The maximum atomic E-state index is 5.00. The lowest BCUT2D eigenvalue weighted by Crippen LogP contribution is -2.36. The summed E-state index contributed by atoms with van der Waals surface area (Å²) in [7, 11) is 1.74. The lowest BCUT2D eigenvalue weighted by molar-refractivity contribution is 0.194. The van der Waals surface area contributed by atoms with Crippen LogP contribution in [0.5, 0.6) is 0 Å². The van der Waals surface area contributed by atoms with Crippen LogP contribution >= 0.6 is 0 Å². The minimum absolute atomic E-state index is 0.804. The fraction of sp³-hybridized carbons (Fsp3) is 1.00. The van der Waals surface area contributed by atoms with Gasteiger partial charge < -0.3 is 15.0 Å². The Morgan fingerprint density at radius 1 is 1.12 bits per heavy atom. The predicted octanol–water partition coefficient (Wildman–Crippen LogP) is 1.98. The normalized spacial score (nSPS) is 11.6. The number of hydrogen-bond acceptors (Lipinski definition) is 3. The van der Waals surface area contributed by atoms with E-state index in [1.807, 2.05) is 0 Å². The average molecular weight is 230 g/mol. The highest BCUT2D eigenvalue weighted by Crippen LogP contribution is 2.09. The van der Waals surface area contributed by atoms with Gasteiger partial charge >= 0.3 is 0 Å². The second-order valence-corrected chi connectivity index (χ2v) is 4.32. The molecule has 0 unspecified atom stereocenters. The van der Waals surface area contributed by atoms with E-state index < -0.39 is 0 Å². The highest BCUT2D eigenvalue weighted by Gasteiger charge is 2.08. The summed E-state index contributed by atoms with van der Waals surface area (Å²) in [6.45, 7) is 13.2. The molecule has 0 aromatic heterocycles. The number of nitrogens with zero attached hydrogens (tertiary/aromatic N) is 1. The smallest absolute Gasteiger partial charge is 0.0587 e. The zero-order chi connectivity index (χ0) is 12.2. The summed E-state index contributed by atoms with van der Waals surface area (Å²) in [5.41, 5.74) is 0. The van der Waals surface area contributed by atoms with Gasteiger partial charge in [-0.2, -0.15) is 0 Å². The van der Waals surface area contributed by atoms with Gasteiger partial charge in [0.2, 0.25) is 0 Å². The largest absolute Gasteiger partial charge is 0.383 e. The van der Waals surface area contributed by atoms with Crippen molar-refractivity contribution >= 4 is 0 Å². The Hall–Kier alpha value is -0.120. The van der Waals surface area contributed by atoms with Gasteiger partial charge in [0.15, 0.2) is 0 Å². The first-order valence-corrected chi connectivity index (χ1v) is 6.70. The molecule has 0 saturated carbocycles. The molecule has 0 atom stereocenters. The molecule has 0 saturated heterocycles. The molecule has 0 fully saturated rings. The lowest BCUT2D eigenvalue weighted by Gasteiger charge is -2.25. The predicted molar refractivity (Wildman–Crippen MR) is 70.9 cm³/mol. The topological polar surface area (TPSA) is 24.5 Å². The van der Waals surface area contributed by atoms with E-state index in [0.717, 1.165) is 38.7 Å². The van der Waals surface area contributed by atoms with Crippen LogP contribution in [0.25, 0.3) is 0 Å². The number of ether oxygens (including phenoxy) is 1. The molecular weight excluding hydrogens is 200 g/mol. The molecule has 0 aliphatic carbocycles. The third kappa shape index (κ3) is 8.08. The van der Waals surface area contributed by atoms with Crippen molar-refractivity contribution in [2.45, 2.75) is 33.6 Å². The molecule has 0 aromatic rings. The van der Waals surface area contributed by atoms with Gasteiger partial charge in [0.25, 0.3) is 0 Å². The van der Waals surface area contributed by atoms with E-state index in [9.17, 15) is 0 Å². The van der Waals surface area contributed by atoms with Crippen LogP contribution in [0, 0.1) is 5.92 Å². The summed E-state index contributed by atoms with van der Waals surface area (Å²) in [4.78, 5) is 2.54. The monoisotopic (exact) mass is 230 g/mol. The van der Waals surface area contributed by atoms with E-state index in [1.165, 1.54) is 19.4 Å². The first-order chi connectivity index (χ1) is 7.78. The van der Waals surface area contributed by atoms with Gasteiger partial charge in [-0.15, -0.1) is 0 Å². The zero-order valence-electron chi connectivity index (χ0n) is 11.6. The molecule has 0 radical (unpaired) electrons. The highest BCUT2D eigenvalue weighted by atomic mass is 16.5. The molecule has 0 bridgehead atoms. The summed E-state index contributed by atoms with van der Waals surface area (Å²) in [5, 5.41) is 3.39. The van der Waals surface area contributed by atoms with Crippen molar-refractivity contribution in [2.75, 3.05) is 46.4 Å². The maximum Gasteiger partial charge on any atom is 0.0587 e. The number of nitrogens with one attached hydrogen (secondary N) is 1. The van der Waals surface area contributed by atoms with Gasteiger partial charge in [0, 0.05) is 33.3 Å². The fourth-order valence-electron chi connectivity index (χ4n) is 1.83. The van der Waals surface area contributed by atoms with Crippen molar-refractivity contribution in [2.24, 2.45) is 5.92 Å². The van der Waals surface area contributed by atoms with Gasteiger partial charge in [-0.25, -0.2) is 0 Å². The van der Waals surface area contributed by atoms with Crippen LogP contribution in [0.15, 0.2) is 0 Å². The van der Waals surface area contributed by atoms with E-state index >= 15 is 0 Å². The van der Waals surface area contributed by atoms with Crippen LogP contribution in [-0.2, 0) is 4.74 Å². The van der Waals surface area contributed by atoms with Crippen LogP contribution in [0.3, 0.4) is 0 Å². The van der Waals surface area contributed by atoms with Crippen molar-refractivity contribution < 1.29 is 4.74 Å². The van der Waals surface area contributed by atoms with Gasteiger partial charge in [0.1, 0.15) is 0 Å². The highest BCUT2D eigenvalue weighted by molar-refractivity contribution is 4.64. The molecule has 0 aliphatic heterocycles. The minimum Gasteiger partial charge on any atom is -0.383 e. The molecule has 0 aromatic carbocycles. The van der Waals surface area contributed by atoms with E-state index in [1.54, 1.807) is 7.11 Å². The molecule has 1 N–H and O–H groups in total. The second kappa shape index (κ2) is 11.4. The van der Waals surface area contributed by atoms with E-state index in [0.29, 0.717) is 0 Å². The van der Waals surface area contributed by atoms with Gasteiger partial charge in [-0.1, -0.05) is 33.6 Å². The maximum absolute atomic E-state index is 5.00. The average Bonchev–Trinajstić information content (AvgIpc) is 2.33. The Labute approximate surface area is 102 Å². The van der Waals surface area contributed by atoms with Gasteiger partial charge in [0.05, 0.1) is 6.61 Å². The second-order valence-electron chi connectivity index (χ2n) is 4.32. The summed E-state index contributed by atoms with van der Waals surface area (Å²) >= 11 is 0. The van der Waals surface area contributed by atoms with E-state index in [-0.39, 0.29) is 0 Å². The van der Waals surface area contributed by atoms with Crippen molar-refractivity contribution in [1.29, 1.82) is 0 Å². The molecule has 3 nitrogen and oxygen atoms in total. The number of methoxy groups -OCH3 is 1.